The van der Waals surface area contributed by atoms with Crippen LogP contribution in [0.3, 0.4) is 0 Å². The van der Waals surface area contributed by atoms with Crippen molar-refractivity contribution in [2.75, 3.05) is 0 Å². The maximum atomic E-state index is 13.7. The van der Waals surface area contributed by atoms with Gasteiger partial charge in [0.2, 0.25) is 0 Å². The Labute approximate surface area is 425 Å². The number of fused-ring (bicyclic) bond motifs is 6. The molecule has 0 saturated heterocycles. The third-order valence-electron chi connectivity index (χ3n) is 16.9. The molecule has 0 heterocycles. The predicted octanol–water partition coefficient (Wildman–Crippen LogP) is 14.0. The van der Waals surface area contributed by atoms with Gasteiger partial charge < -0.3 is 15.3 Å². The average molecular weight is 1200 g/mol. The molecule has 6 bridgehead atoms. The van der Waals surface area contributed by atoms with Crippen molar-refractivity contribution in [1.82, 2.24) is 0 Å². The maximum absolute atomic E-state index is 13.7. The van der Waals surface area contributed by atoms with Gasteiger partial charge in [-0.1, -0.05) is 62.3 Å². The van der Waals surface area contributed by atoms with Gasteiger partial charge in [0.1, 0.15) is 0 Å². The van der Waals surface area contributed by atoms with E-state index in [4.69, 9.17) is 0 Å². The van der Waals surface area contributed by atoms with Crippen molar-refractivity contribution in [3.05, 3.63) is 34.0 Å². The predicted molar refractivity (Wildman–Crippen MR) is 196 cm³/mol. The molecule has 28 heteroatoms. The van der Waals surface area contributed by atoms with Gasteiger partial charge >= 0.3 is 54.1 Å². The van der Waals surface area contributed by atoms with Crippen LogP contribution >= 0.6 is 0 Å². The van der Waals surface area contributed by atoms with Gasteiger partial charge in [-0.3, -0.25) is 14.4 Å². The number of hydrogen-bond donors (Lipinski definition) is 3. The van der Waals surface area contributed by atoms with Crippen molar-refractivity contribution in [2.24, 2.45) is 50.2 Å². The molecule has 6 aliphatic rings. The molecule has 6 unspecified atom stereocenters. The fourth-order valence-corrected chi connectivity index (χ4v) is 10.9. The fraction of sp³-hybridized carbons (Fsp3) is 0.786. The number of aliphatic hydroxyl groups is 3. The van der Waals surface area contributed by atoms with Crippen LogP contribution in [0.2, 0.25) is 0 Å². The van der Waals surface area contributed by atoms with E-state index in [9.17, 15) is 122 Å². The molecule has 6 atom stereocenters. The summed E-state index contributed by atoms with van der Waals surface area (Å²) >= 11 is 0. The van der Waals surface area contributed by atoms with E-state index in [0.29, 0.717) is 19.3 Å². The Hall–Kier alpha value is -2.26. The topological polar surface area (TPSA) is 112 Å². The molecule has 0 aliphatic heterocycles. The van der Waals surface area contributed by atoms with Crippen LogP contribution in [-0.4, -0.2) is 86.7 Å². The van der Waals surface area contributed by atoms with Crippen LogP contribution in [0.4, 0.5) is 92.2 Å². The van der Waals surface area contributed by atoms with E-state index in [0.717, 1.165) is 0 Å². The van der Waals surface area contributed by atoms with Crippen molar-refractivity contribution >= 4 is 17.3 Å². The van der Waals surface area contributed by atoms with Crippen LogP contribution in [0.5, 0.6) is 0 Å². The van der Waals surface area contributed by atoms with Crippen molar-refractivity contribution in [1.29, 1.82) is 0 Å². The van der Waals surface area contributed by atoms with Crippen molar-refractivity contribution in [3.63, 3.8) is 0 Å². The second-order valence-corrected chi connectivity index (χ2v) is 20.6. The SMILES string of the molecule is CC12CCC(/C(=C(/O)C(F)(F)C(F)(F)C(F)(F)F)C1=O)C2(C)C.CC12CCC(/C(=C(/O)C(F)(F)C(F)(F)C(F)(F)F)C1=O)C2(C)C.CC12CCC(/C(=C(/O)C(F)(F)C(F)(F)C(F)(F)F)C1=O)C2(C)C.[Eu]. The number of carbonyl (C=O) groups excluding carboxylic acids is 3. The number of halogens is 21. The minimum absolute atomic E-state index is 0. The van der Waals surface area contributed by atoms with E-state index in [-0.39, 0.29) is 68.6 Å². The number of rotatable bonds is 6. The number of hydrogen-bond acceptors (Lipinski definition) is 6. The molecule has 0 amide bonds. The summed E-state index contributed by atoms with van der Waals surface area (Å²) in [5.41, 5.74) is -9.29. The number of alkyl halides is 21. The average Bonchev–Trinajstić information content (AvgIpc) is 3.79. The van der Waals surface area contributed by atoms with Gasteiger partial charge in [0.05, 0.1) is 0 Å². The molecule has 6 rings (SSSR count). The molecule has 6 nitrogen and oxygen atoms in total. The number of allylic oxidation sites excluding steroid dienone is 6. The summed E-state index contributed by atoms with van der Waals surface area (Å²) in [6.45, 7) is 13.6. The van der Waals surface area contributed by atoms with E-state index >= 15 is 0 Å². The first-order chi connectivity index (χ1) is 30.1. The van der Waals surface area contributed by atoms with Crippen molar-refractivity contribution < 1.29 is 171 Å². The Kier molecular flexibility index (Phi) is 15.2. The summed E-state index contributed by atoms with van der Waals surface area (Å²) in [4.78, 5) is 36.9. The van der Waals surface area contributed by atoms with Gasteiger partial charge in [-0.05, 0) is 72.5 Å². The molecule has 3 N–H and O–H groups in total. The van der Waals surface area contributed by atoms with E-state index < -0.39 is 156 Å². The smallest absolute Gasteiger partial charge is 0.460 e. The van der Waals surface area contributed by atoms with Gasteiger partial charge in [0.25, 0.3) is 0 Å². The zero-order chi connectivity index (χ0) is 54.7. The zero-order valence-corrected chi connectivity index (χ0v) is 40.3. The number of carbonyl (C=O) groups is 3. The summed E-state index contributed by atoms with van der Waals surface area (Å²) in [5.74, 6) is -50.5. The molecule has 1 radical (unpaired) electrons. The van der Waals surface area contributed by atoms with Gasteiger partial charge in [0, 0.05) is 82.3 Å². The summed E-state index contributed by atoms with van der Waals surface area (Å²) in [5, 5.41) is 28.6. The van der Waals surface area contributed by atoms with Gasteiger partial charge in [-0.25, -0.2) is 0 Å². The van der Waals surface area contributed by atoms with E-state index in [1.54, 1.807) is 41.5 Å². The van der Waals surface area contributed by atoms with Gasteiger partial charge in [-0.2, -0.15) is 92.2 Å². The number of Topliss-reactive ketones (excluding diaryl/α,β-unsaturated/α-hetero) is 3. The Morgan fingerprint density at radius 1 is 0.371 bits per heavy atom. The first kappa shape index (κ1) is 62.0. The fourth-order valence-electron chi connectivity index (χ4n) is 10.9. The maximum Gasteiger partial charge on any atom is 0.460 e. The van der Waals surface area contributed by atoms with Crippen LogP contribution in [0.15, 0.2) is 34.0 Å². The summed E-state index contributed by atoms with van der Waals surface area (Å²) in [6, 6.07) is 0. The molecule has 0 spiro atoms. The summed E-state index contributed by atoms with van der Waals surface area (Å²) < 4.78 is 271. The quantitative estimate of drug-likeness (QED) is 0.139. The molecule has 0 aromatic rings. The van der Waals surface area contributed by atoms with E-state index in [1.165, 1.54) is 20.8 Å². The Bertz CT molecular complexity index is 2020. The number of ketones is 3. The van der Waals surface area contributed by atoms with E-state index in [2.05, 4.69) is 0 Å². The van der Waals surface area contributed by atoms with Crippen LogP contribution in [0, 0.1) is 99.6 Å². The zero-order valence-electron chi connectivity index (χ0n) is 37.9. The van der Waals surface area contributed by atoms with E-state index in [1.807, 2.05) is 0 Å². The molecule has 403 valence electrons. The third-order valence-corrected chi connectivity index (χ3v) is 16.9. The molecule has 6 saturated carbocycles. The van der Waals surface area contributed by atoms with Crippen molar-refractivity contribution in [2.45, 2.75) is 155 Å². The second-order valence-electron chi connectivity index (χ2n) is 20.6. The minimum atomic E-state index is -6.56. The van der Waals surface area contributed by atoms with Gasteiger partial charge in [0.15, 0.2) is 34.6 Å². The normalized spacial score (nSPS) is 32.8. The Morgan fingerprint density at radius 2 is 0.529 bits per heavy atom. The molecule has 70 heavy (non-hydrogen) atoms. The minimum Gasteiger partial charge on any atom is -0.506 e. The van der Waals surface area contributed by atoms with Crippen molar-refractivity contribution in [3.8, 4) is 0 Å². The van der Waals surface area contributed by atoms with Crippen LogP contribution in [0.25, 0.3) is 0 Å². The van der Waals surface area contributed by atoms with Crippen LogP contribution < -0.4 is 0 Å². The first-order valence-electron chi connectivity index (χ1n) is 20.5. The van der Waals surface area contributed by atoms with Crippen LogP contribution in [0.1, 0.15) is 101 Å². The second kappa shape index (κ2) is 17.1. The standard InChI is InChI=1S/3C14H15F7O2.Eu/c3*1-10(2)6-4-5-11(10,3)8(22)7(6)9(23)12(15,16)13(17,18)14(19,20)21;/h3*6,23H,4-5H2,1-3H3;/b3*9-7-;. The number of aliphatic hydroxyl groups excluding tert-OH is 3. The molecular weight excluding hydrogens is 1150 g/mol. The van der Waals surface area contributed by atoms with Gasteiger partial charge in [-0.15, -0.1) is 0 Å². The first-order valence-corrected chi connectivity index (χ1v) is 20.5. The largest absolute Gasteiger partial charge is 0.506 e. The Balaban J connectivity index is 0.000000276. The molecule has 0 aromatic carbocycles. The molecular formula is C42H45EuF21O6. The monoisotopic (exact) mass is 1200 g/mol. The molecule has 6 fully saturated rings. The summed E-state index contributed by atoms with van der Waals surface area (Å²) in [6.07, 6.45) is -18.3. The van der Waals surface area contributed by atoms with Crippen LogP contribution in [-0.2, 0) is 14.4 Å². The third kappa shape index (κ3) is 7.90. The summed E-state index contributed by atoms with van der Waals surface area (Å²) in [7, 11) is 0. The molecule has 0 aromatic heterocycles. The molecule has 6 aliphatic carbocycles. The Morgan fingerprint density at radius 3 is 0.643 bits per heavy atom.